The lowest BCUT2D eigenvalue weighted by Crippen LogP contribution is -2.37. The van der Waals surface area contributed by atoms with Gasteiger partial charge in [-0.05, 0) is 56.4 Å². The van der Waals surface area contributed by atoms with E-state index in [9.17, 15) is 9.90 Å². The molecular weight excluding hydrogens is 385 g/mol. The molecule has 1 aromatic heterocycles. The van der Waals surface area contributed by atoms with Crippen LogP contribution in [-0.2, 0) is 11.3 Å². The summed E-state index contributed by atoms with van der Waals surface area (Å²) in [7, 11) is 0. The molecule has 3 rings (SSSR count). The van der Waals surface area contributed by atoms with Crippen molar-refractivity contribution in [2.24, 2.45) is 0 Å². The van der Waals surface area contributed by atoms with E-state index in [1.54, 1.807) is 10.8 Å². The number of hydrogen-bond donors (Lipinski definition) is 2. The maximum Gasteiger partial charge on any atom is 0.244 e. The van der Waals surface area contributed by atoms with Crippen LogP contribution in [0.2, 0.25) is 10.2 Å². The maximum absolute atomic E-state index is 12.2. The quantitative estimate of drug-likeness (QED) is 0.736. The topological polar surface area (TPSA) is 67.2 Å². The van der Waals surface area contributed by atoms with Crippen molar-refractivity contribution in [2.45, 2.75) is 51.3 Å². The zero-order chi connectivity index (χ0) is 19.4. The fourth-order valence-corrected chi connectivity index (χ4v) is 3.68. The first kappa shape index (κ1) is 19.9. The van der Waals surface area contributed by atoms with Gasteiger partial charge in [-0.15, -0.1) is 0 Å². The van der Waals surface area contributed by atoms with Crippen molar-refractivity contribution < 1.29 is 9.90 Å². The fraction of sp³-hybridized carbons (Fsp3) is 0.400. The van der Waals surface area contributed by atoms with E-state index in [0.29, 0.717) is 16.7 Å². The lowest BCUT2D eigenvalue weighted by molar-refractivity contribution is -0.117. The normalized spacial score (nSPS) is 20.1. The number of nitrogens with zero attached hydrogens (tertiary/aromatic N) is 2. The van der Waals surface area contributed by atoms with Crippen molar-refractivity contribution in [3.05, 3.63) is 57.3 Å². The highest BCUT2D eigenvalue weighted by Crippen LogP contribution is 2.23. The minimum Gasteiger partial charge on any atom is -0.393 e. The van der Waals surface area contributed by atoms with Crippen LogP contribution in [0.1, 0.15) is 42.5 Å². The van der Waals surface area contributed by atoms with Gasteiger partial charge in [0.1, 0.15) is 5.15 Å². The standard InChI is InChI=1S/C20H23Cl2N3O2/c1-13-18(10-11-19(27)23-16-6-8-17(26)9-7-16)20(22)25(24-13)12-14-2-4-15(21)5-3-14/h2-5,10-11,16-17,26H,6-9,12H2,1H3,(H,23,27)/b11-10+. The Morgan fingerprint density at radius 1 is 1.26 bits per heavy atom. The molecule has 1 fully saturated rings. The molecule has 1 amide bonds. The Hall–Kier alpha value is -1.82. The highest BCUT2D eigenvalue weighted by Gasteiger charge is 2.20. The van der Waals surface area contributed by atoms with Gasteiger partial charge < -0.3 is 10.4 Å². The van der Waals surface area contributed by atoms with Crippen LogP contribution in [0.3, 0.4) is 0 Å². The summed E-state index contributed by atoms with van der Waals surface area (Å²) in [6, 6.07) is 7.64. The predicted molar refractivity (Wildman–Crippen MR) is 108 cm³/mol. The summed E-state index contributed by atoms with van der Waals surface area (Å²) in [4.78, 5) is 12.2. The number of aryl methyl sites for hydroxylation is 1. The van der Waals surface area contributed by atoms with Crippen molar-refractivity contribution in [1.82, 2.24) is 15.1 Å². The first-order valence-electron chi connectivity index (χ1n) is 9.06. The van der Waals surface area contributed by atoms with Gasteiger partial charge in [-0.25, -0.2) is 4.68 Å². The molecule has 7 heteroatoms. The van der Waals surface area contributed by atoms with E-state index in [4.69, 9.17) is 23.2 Å². The summed E-state index contributed by atoms with van der Waals surface area (Å²) < 4.78 is 1.71. The molecule has 0 saturated heterocycles. The molecule has 1 saturated carbocycles. The molecule has 1 aromatic carbocycles. The van der Waals surface area contributed by atoms with Crippen molar-refractivity contribution in [1.29, 1.82) is 0 Å². The molecule has 2 N–H and O–H groups in total. The Bertz CT molecular complexity index is 822. The van der Waals surface area contributed by atoms with Gasteiger partial charge in [0, 0.05) is 22.7 Å². The molecular formula is C20H23Cl2N3O2. The Balaban J connectivity index is 1.64. The maximum atomic E-state index is 12.2. The van der Waals surface area contributed by atoms with Crippen molar-refractivity contribution in [3.8, 4) is 0 Å². The monoisotopic (exact) mass is 407 g/mol. The van der Waals surface area contributed by atoms with E-state index >= 15 is 0 Å². The molecule has 0 unspecified atom stereocenters. The Labute approximate surface area is 169 Å². The van der Waals surface area contributed by atoms with Crippen LogP contribution >= 0.6 is 23.2 Å². The third-order valence-corrected chi connectivity index (χ3v) is 5.45. The first-order valence-corrected chi connectivity index (χ1v) is 9.82. The number of aromatic nitrogens is 2. The van der Waals surface area contributed by atoms with Gasteiger partial charge in [0.05, 0.1) is 18.3 Å². The summed E-state index contributed by atoms with van der Waals surface area (Å²) in [5.41, 5.74) is 2.54. The largest absolute Gasteiger partial charge is 0.393 e. The van der Waals surface area contributed by atoms with Crippen molar-refractivity contribution >= 4 is 35.2 Å². The van der Waals surface area contributed by atoms with E-state index in [2.05, 4.69) is 10.4 Å². The van der Waals surface area contributed by atoms with E-state index < -0.39 is 0 Å². The second kappa shape index (κ2) is 8.91. The summed E-state index contributed by atoms with van der Waals surface area (Å²) >= 11 is 12.4. The van der Waals surface area contributed by atoms with E-state index in [1.807, 2.05) is 31.2 Å². The highest BCUT2D eigenvalue weighted by atomic mass is 35.5. The number of halogens is 2. The average Bonchev–Trinajstić information content (AvgIpc) is 2.90. The molecule has 5 nitrogen and oxygen atoms in total. The number of benzene rings is 1. The van der Waals surface area contributed by atoms with Gasteiger partial charge >= 0.3 is 0 Å². The fourth-order valence-electron chi connectivity index (χ4n) is 3.25. The SMILES string of the molecule is Cc1nn(Cc2ccc(Cl)cc2)c(Cl)c1/C=C/C(=O)NC1CCC(O)CC1. The second-order valence-electron chi connectivity index (χ2n) is 6.92. The second-order valence-corrected chi connectivity index (χ2v) is 7.72. The highest BCUT2D eigenvalue weighted by molar-refractivity contribution is 6.31. The third-order valence-electron chi connectivity index (χ3n) is 4.80. The van der Waals surface area contributed by atoms with Gasteiger partial charge in [0.25, 0.3) is 0 Å². The van der Waals surface area contributed by atoms with E-state index in [-0.39, 0.29) is 18.1 Å². The molecule has 0 atom stereocenters. The van der Waals surface area contributed by atoms with Crippen LogP contribution in [-0.4, -0.2) is 32.9 Å². The predicted octanol–water partition coefficient (Wildman–Crippen LogP) is 3.98. The van der Waals surface area contributed by atoms with Crippen LogP contribution in [0.5, 0.6) is 0 Å². The number of aliphatic hydroxyl groups excluding tert-OH is 1. The first-order chi connectivity index (χ1) is 12.9. The number of nitrogens with one attached hydrogen (secondary N) is 1. The smallest absolute Gasteiger partial charge is 0.244 e. The number of amides is 1. The van der Waals surface area contributed by atoms with Crippen LogP contribution < -0.4 is 5.32 Å². The van der Waals surface area contributed by atoms with Gasteiger partial charge in [0.2, 0.25) is 5.91 Å². The Morgan fingerprint density at radius 3 is 2.59 bits per heavy atom. The minimum absolute atomic E-state index is 0.120. The van der Waals surface area contributed by atoms with Crippen LogP contribution in [0.4, 0.5) is 0 Å². The van der Waals surface area contributed by atoms with Gasteiger partial charge in [-0.1, -0.05) is 35.3 Å². The average molecular weight is 408 g/mol. The lowest BCUT2D eigenvalue weighted by Gasteiger charge is -2.25. The minimum atomic E-state index is -0.235. The van der Waals surface area contributed by atoms with E-state index in [1.165, 1.54) is 6.08 Å². The van der Waals surface area contributed by atoms with Gasteiger partial charge in [0.15, 0.2) is 0 Å². The Kier molecular flexibility index (Phi) is 6.58. The molecule has 0 aliphatic heterocycles. The van der Waals surface area contributed by atoms with Crippen LogP contribution in [0, 0.1) is 6.92 Å². The number of carbonyl (C=O) groups excluding carboxylic acids is 1. The van der Waals surface area contributed by atoms with E-state index in [0.717, 1.165) is 42.5 Å². The number of carbonyl (C=O) groups is 1. The molecule has 0 bridgehead atoms. The summed E-state index contributed by atoms with van der Waals surface area (Å²) in [5.74, 6) is -0.155. The molecule has 1 aliphatic rings. The summed E-state index contributed by atoms with van der Waals surface area (Å²) in [6.45, 7) is 2.39. The molecule has 0 radical (unpaired) electrons. The summed E-state index contributed by atoms with van der Waals surface area (Å²) in [5, 5.41) is 18.2. The zero-order valence-electron chi connectivity index (χ0n) is 15.2. The number of aliphatic hydroxyl groups is 1. The Morgan fingerprint density at radius 2 is 1.93 bits per heavy atom. The molecule has 1 aliphatic carbocycles. The van der Waals surface area contributed by atoms with Crippen LogP contribution in [0.15, 0.2) is 30.3 Å². The van der Waals surface area contributed by atoms with Crippen LogP contribution in [0.25, 0.3) is 6.08 Å². The lowest BCUT2D eigenvalue weighted by atomic mass is 9.93. The molecule has 1 heterocycles. The van der Waals surface area contributed by atoms with Gasteiger partial charge in [-0.2, -0.15) is 5.10 Å². The molecule has 27 heavy (non-hydrogen) atoms. The summed E-state index contributed by atoms with van der Waals surface area (Å²) in [6.07, 6.45) is 6.04. The molecule has 2 aromatic rings. The van der Waals surface area contributed by atoms with Crippen molar-refractivity contribution in [3.63, 3.8) is 0 Å². The molecule has 0 spiro atoms. The van der Waals surface area contributed by atoms with Gasteiger partial charge in [-0.3, -0.25) is 4.79 Å². The molecule has 144 valence electrons. The zero-order valence-corrected chi connectivity index (χ0v) is 16.7. The number of rotatable bonds is 5. The third kappa shape index (κ3) is 5.34. The number of hydrogen-bond acceptors (Lipinski definition) is 3. The van der Waals surface area contributed by atoms with Crippen molar-refractivity contribution in [2.75, 3.05) is 0 Å².